The first kappa shape index (κ1) is 33.5. The van der Waals surface area contributed by atoms with Crippen LogP contribution in [-0.4, -0.2) is 0 Å². The molecule has 0 aliphatic heterocycles. The molecule has 0 aliphatic carbocycles. The summed E-state index contributed by atoms with van der Waals surface area (Å²) in [6, 6.07) is 0. The van der Waals surface area contributed by atoms with Crippen molar-refractivity contribution in [3.63, 3.8) is 0 Å². The smallest absolute Gasteiger partial charge is 0.0214 e. The second-order valence-electron chi connectivity index (χ2n) is 8.73. The van der Waals surface area contributed by atoms with Gasteiger partial charge in [-0.05, 0) is 64.2 Å². The third-order valence-corrected chi connectivity index (χ3v) is 4.93. The summed E-state index contributed by atoms with van der Waals surface area (Å²) < 4.78 is 0. The van der Waals surface area contributed by atoms with Gasteiger partial charge in [0, 0.05) is 0 Å². The molecule has 0 aromatic heterocycles. The highest BCUT2D eigenvalue weighted by molar-refractivity contribution is 4.95. The van der Waals surface area contributed by atoms with E-state index in [2.05, 4.69) is 95.6 Å². The minimum absolute atomic E-state index is 0.657. The van der Waals surface area contributed by atoms with Crippen LogP contribution < -0.4 is 0 Å². The molecule has 0 aromatic rings. The lowest BCUT2D eigenvalue weighted by Gasteiger charge is -2.13. The molecule has 0 radical (unpaired) electrons. The Kier molecular flexibility index (Phi) is 26.4. The van der Waals surface area contributed by atoms with Gasteiger partial charge in [0.25, 0.3) is 0 Å². The monoisotopic (exact) mass is 378 g/mol. The van der Waals surface area contributed by atoms with Crippen LogP contribution in [0.5, 0.6) is 0 Å². The first-order valence-electron chi connectivity index (χ1n) is 10.8. The number of hydrogen-bond acceptors (Lipinski definition) is 0. The van der Waals surface area contributed by atoms with Crippen molar-refractivity contribution in [3.8, 4) is 0 Å². The summed E-state index contributed by atoms with van der Waals surface area (Å²) in [5.41, 5.74) is 5.12. The maximum absolute atomic E-state index is 3.88. The van der Waals surface area contributed by atoms with Crippen LogP contribution in [0, 0.1) is 23.7 Å². The van der Waals surface area contributed by atoms with Crippen LogP contribution in [0.1, 0.15) is 102 Å². The van der Waals surface area contributed by atoms with Gasteiger partial charge in [-0.3, -0.25) is 0 Å². The van der Waals surface area contributed by atoms with E-state index in [1.54, 1.807) is 0 Å². The zero-order valence-corrected chi connectivity index (χ0v) is 21.3. The van der Waals surface area contributed by atoms with E-state index in [1.165, 1.54) is 35.1 Å². The summed E-state index contributed by atoms with van der Waals surface area (Å²) in [6.07, 6.45) is 3.67. The quantitative estimate of drug-likeness (QED) is 0.386. The predicted octanol–water partition coefficient (Wildman–Crippen LogP) is 10.0. The van der Waals surface area contributed by atoms with Crippen LogP contribution >= 0.6 is 0 Å². The average Bonchev–Trinajstić information content (AvgIpc) is 2.55. The van der Waals surface area contributed by atoms with Crippen LogP contribution in [-0.2, 0) is 0 Å². The highest BCUT2D eigenvalue weighted by Gasteiger charge is 2.05. The van der Waals surface area contributed by atoms with Gasteiger partial charge in [0.1, 0.15) is 0 Å². The third kappa shape index (κ3) is 33.0. The molecule has 0 N–H and O–H groups in total. The summed E-state index contributed by atoms with van der Waals surface area (Å²) in [6.45, 7) is 40.9. The summed E-state index contributed by atoms with van der Waals surface area (Å²) in [4.78, 5) is 0. The summed E-state index contributed by atoms with van der Waals surface area (Å²) in [5.74, 6) is 2.80. The zero-order valence-electron chi connectivity index (χ0n) is 21.3. The SMILES string of the molecule is C=C(C)C(C)C.C=C(C)C(C)C(C)C.C=C(C)C(C)CCC.C=C(C)CC. The maximum Gasteiger partial charge on any atom is -0.0214 e. The Hall–Kier alpha value is -1.04. The van der Waals surface area contributed by atoms with Crippen LogP contribution in [0.4, 0.5) is 0 Å². The van der Waals surface area contributed by atoms with Gasteiger partial charge in [0.2, 0.25) is 0 Å². The fraction of sp³-hybridized carbons (Fsp3) is 0.704. The van der Waals surface area contributed by atoms with E-state index in [0.717, 1.165) is 18.3 Å². The molecule has 27 heavy (non-hydrogen) atoms. The van der Waals surface area contributed by atoms with Crippen molar-refractivity contribution < 1.29 is 0 Å². The first-order chi connectivity index (χ1) is 12.1. The number of allylic oxidation sites excluding steroid dienone is 4. The minimum atomic E-state index is 0.657. The van der Waals surface area contributed by atoms with Gasteiger partial charge in [0.15, 0.2) is 0 Å². The van der Waals surface area contributed by atoms with Gasteiger partial charge in [-0.15, -0.1) is 6.58 Å². The molecule has 0 spiro atoms. The Balaban J connectivity index is -0.000000133. The van der Waals surface area contributed by atoms with Crippen molar-refractivity contribution in [2.45, 2.75) is 102 Å². The van der Waals surface area contributed by atoms with Crippen molar-refractivity contribution in [1.82, 2.24) is 0 Å². The van der Waals surface area contributed by atoms with E-state index < -0.39 is 0 Å². The molecular weight excluding hydrogens is 324 g/mol. The van der Waals surface area contributed by atoms with Crippen molar-refractivity contribution in [1.29, 1.82) is 0 Å². The summed E-state index contributed by atoms with van der Waals surface area (Å²) in [7, 11) is 0. The molecule has 0 bridgehead atoms. The van der Waals surface area contributed by atoms with Gasteiger partial charge in [-0.2, -0.15) is 0 Å². The highest BCUT2D eigenvalue weighted by Crippen LogP contribution is 2.16. The zero-order chi connectivity index (χ0) is 22.7. The number of rotatable bonds is 7. The molecule has 0 fully saturated rings. The summed E-state index contributed by atoms with van der Waals surface area (Å²) >= 11 is 0. The second kappa shape index (κ2) is 21.3. The Labute approximate surface area is 174 Å². The average molecular weight is 379 g/mol. The molecule has 162 valence electrons. The Morgan fingerprint density at radius 2 is 1.00 bits per heavy atom. The normalized spacial score (nSPS) is 11.6. The van der Waals surface area contributed by atoms with Crippen LogP contribution in [0.2, 0.25) is 0 Å². The van der Waals surface area contributed by atoms with Crippen molar-refractivity contribution >= 4 is 0 Å². The maximum atomic E-state index is 3.88. The molecule has 0 saturated carbocycles. The molecule has 0 nitrogen and oxygen atoms in total. The van der Waals surface area contributed by atoms with Gasteiger partial charge in [-0.1, -0.05) is 104 Å². The van der Waals surface area contributed by atoms with E-state index >= 15 is 0 Å². The minimum Gasteiger partial charge on any atom is -0.100 e. The van der Waals surface area contributed by atoms with Crippen LogP contribution in [0.3, 0.4) is 0 Å². The molecule has 0 heterocycles. The number of hydrogen-bond donors (Lipinski definition) is 0. The molecule has 0 saturated heterocycles. The topological polar surface area (TPSA) is 0 Å². The van der Waals surface area contributed by atoms with E-state index in [4.69, 9.17) is 0 Å². The van der Waals surface area contributed by atoms with E-state index in [9.17, 15) is 0 Å². The van der Waals surface area contributed by atoms with E-state index in [0.29, 0.717) is 11.8 Å². The molecular formula is C27H54. The lowest BCUT2D eigenvalue weighted by Crippen LogP contribution is -2.03. The largest absolute Gasteiger partial charge is 0.100 e. The van der Waals surface area contributed by atoms with Crippen molar-refractivity contribution in [2.75, 3.05) is 0 Å². The molecule has 0 heteroatoms. The molecule has 0 rings (SSSR count). The Morgan fingerprint density at radius 1 is 0.667 bits per heavy atom. The first-order valence-corrected chi connectivity index (χ1v) is 10.8. The standard InChI is InChI=1S/2C8H16.C6H12.C5H10/c1-6(2)8(5)7(3)4;1-5-6-8(4)7(2)3;1-5(2)6(3)4;1-4-5(2)3/h7-8H,1H2,2-5H3;8H,2,5-6H2,1,3-4H3;6H,1H2,2-4H3;2,4H2,1,3H3. The summed E-state index contributed by atoms with van der Waals surface area (Å²) in [5, 5.41) is 0. The van der Waals surface area contributed by atoms with E-state index in [1.807, 2.05) is 13.8 Å². The van der Waals surface area contributed by atoms with Crippen LogP contribution in [0.15, 0.2) is 48.6 Å². The highest BCUT2D eigenvalue weighted by atomic mass is 14.1. The van der Waals surface area contributed by atoms with Crippen molar-refractivity contribution in [2.24, 2.45) is 23.7 Å². The molecule has 0 amide bonds. The fourth-order valence-electron chi connectivity index (χ4n) is 1.25. The molecule has 2 unspecified atom stereocenters. The van der Waals surface area contributed by atoms with Gasteiger partial charge >= 0.3 is 0 Å². The molecule has 2 atom stereocenters. The second-order valence-corrected chi connectivity index (χ2v) is 8.73. The molecule has 0 aliphatic rings. The van der Waals surface area contributed by atoms with E-state index in [-0.39, 0.29) is 0 Å². The lowest BCUT2D eigenvalue weighted by molar-refractivity contribution is 0.481. The predicted molar refractivity (Wildman–Crippen MR) is 132 cm³/mol. The third-order valence-electron chi connectivity index (χ3n) is 4.93. The van der Waals surface area contributed by atoms with Gasteiger partial charge in [-0.25, -0.2) is 0 Å². The fourth-order valence-corrected chi connectivity index (χ4v) is 1.25. The van der Waals surface area contributed by atoms with Gasteiger partial charge in [0.05, 0.1) is 0 Å². The molecule has 0 aromatic carbocycles. The van der Waals surface area contributed by atoms with Gasteiger partial charge < -0.3 is 0 Å². The Bertz CT molecular complexity index is 392. The van der Waals surface area contributed by atoms with Crippen LogP contribution in [0.25, 0.3) is 0 Å². The lowest BCUT2D eigenvalue weighted by atomic mass is 9.92. The van der Waals surface area contributed by atoms with Crippen molar-refractivity contribution in [3.05, 3.63) is 48.6 Å². The Morgan fingerprint density at radius 3 is 1.04 bits per heavy atom.